The van der Waals surface area contributed by atoms with Gasteiger partial charge in [-0.2, -0.15) is 0 Å². The molecule has 4 nitrogen and oxygen atoms in total. The number of ether oxygens (including phenoxy) is 3. The molecule has 0 aliphatic carbocycles. The van der Waals surface area contributed by atoms with Gasteiger partial charge in [0.05, 0.1) is 11.5 Å². The zero-order chi connectivity index (χ0) is 11.1. The maximum Gasteiger partial charge on any atom is 0.303 e. The molecule has 1 fully saturated rings. The van der Waals surface area contributed by atoms with Crippen LogP contribution < -0.4 is 0 Å². The highest BCUT2D eigenvalue weighted by Gasteiger charge is 2.46. The van der Waals surface area contributed by atoms with Crippen molar-refractivity contribution >= 4 is 29.5 Å². The quantitative estimate of drug-likeness (QED) is 0.663. The molecular formula is C10H12O4S2. The standard InChI is InChI=1S/C10H12O4S2/c1-5(11)13-7-6-4-12-10(14-6)9-8(7)15-2-3-16-9/h6-7,10H,2-4H2,1H3/t6-,7-,10-/m0/s1. The summed E-state index contributed by atoms with van der Waals surface area (Å²) in [5, 5.41) is 0. The number of carbonyl (C=O) groups excluding carboxylic acids is 1. The number of esters is 1. The SMILES string of the molecule is CC(=O)O[C@@H]1C2=C(SCCS2)[C@H]2OC[C@@H]1O2. The molecule has 3 aliphatic rings. The lowest BCUT2D eigenvalue weighted by atomic mass is 10.1. The number of rotatable bonds is 1. The molecule has 16 heavy (non-hydrogen) atoms. The fourth-order valence-corrected chi connectivity index (χ4v) is 4.63. The van der Waals surface area contributed by atoms with E-state index < -0.39 is 0 Å². The molecule has 3 rings (SSSR count). The van der Waals surface area contributed by atoms with Crippen LogP contribution in [0.2, 0.25) is 0 Å². The van der Waals surface area contributed by atoms with E-state index in [1.54, 1.807) is 23.5 Å². The summed E-state index contributed by atoms with van der Waals surface area (Å²) in [6.07, 6.45) is -0.604. The smallest absolute Gasteiger partial charge is 0.303 e. The first kappa shape index (κ1) is 11.0. The normalized spacial score (nSPS) is 37.2. The maximum absolute atomic E-state index is 11.1. The van der Waals surface area contributed by atoms with Crippen LogP contribution >= 0.6 is 23.5 Å². The zero-order valence-electron chi connectivity index (χ0n) is 8.80. The van der Waals surface area contributed by atoms with E-state index in [0.717, 1.165) is 21.3 Å². The van der Waals surface area contributed by atoms with Crippen LogP contribution in [0, 0.1) is 0 Å². The molecule has 3 atom stereocenters. The number of thioether (sulfide) groups is 2. The highest BCUT2D eigenvalue weighted by Crippen LogP contribution is 2.47. The Kier molecular flexibility index (Phi) is 2.91. The molecule has 3 heterocycles. The predicted molar refractivity (Wildman–Crippen MR) is 62.1 cm³/mol. The molecule has 2 bridgehead atoms. The van der Waals surface area contributed by atoms with E-state index >= 15 is 0 Å². The van der Waals surface area contributed by atoms with Crippen LogP contribution in [-0.4, -0.2) is 42.6 Å². The van der Waals surface area contributed by atoms with Crippen LogP contribution in [0.4, 0.5) is 0 Å². The Morgan fingerprint density at radius 2 is 2.12 bits per heavy atom. The lowest BCUT2D eigenvalue weighted by Gasteiger charge is -2.33. The Morgan fingerprint density at radius 1 is 1.38 bits per heavy atom. The largest absolute Gasteiger partial charge is 0.454 e. The van der Waals surface area contributed by atoms with E-state index in [-0.39, 0.29) is 24.5 Å². The summed E-state index contributed by atoms with van der Waals surface area (Å²) in [4.78, 5) is 13.4. The first-order valence-corrected chi connectivity index (χ1v) is 7.17. The van der Waals surface area contributed by atoms with Gasteiger partial charge in [0, 0.05) is 23.3 Å². The lowest BCUT2D eigenvalue weighted by Crippen LogP contribution is -2.38. The monoisotopic (exact) mass is 260 g/mol. The third kappa shape index (κ3) is 1.77. The predicted octanol–water partition coefficient (Wildman–Crippen LogP) is 1.36. The van der Waals surface area contributed by atoms with E-state index in [0.29, 0.717) is 6.61 Å². The van der Waals surface area contributed by atoms with Crippen molar-refractivity contribution in [2.75, 3.05) is 18.1 Å². The molecule has 0 aromatic heterocycles. The highest BCUT2D eigenvalue weighted by molar-refractivity contribution is 8.10. The van der Waals surface area contributed by atoms with Crippen molar-refractivity contribution < 1.29 is 19.0 Å². The fraction of sp³-hybridized carbons (Fsp3) is 0.700. The summed E-state index contributed by atoms with van der Waals surface area (Å²) < 4.78 is 16.6. The van der Waals surface area contributed by atoms with Crippen molar-refractivity contribution in [1.29, 1.82) is 0 Å². The summed E-state index contributed by atoms with van der Waals surface area (Å²) in [6, 6.07) is 0. The van der Waals surface area contributed by atoms with Crippen LogP contribution in [0.25, 0.3) is 0 Å². The second-order valence-electron chi connectivity index (χ2n) is 3.80. The van der Waals surface area contributed by atoms with E-state index in [4.69, 9.17) is 14.2 Å². The van der Waals surface area contributed by atoms with Crippen molar-refractivity contribution in [1.82, 2.24) is 0 Å². The van der Waals surface area contributed by atoms with Gasteiger partial charge in [-0.05, 0) is 0 Å². The lowest BCUT2D eigenvalue weighted by molar-refractivity contribution is -0.151. The van der Waals surface area contributed by atoms with E-state index in [1.165, 1.54) is 6.92 Å². The molecule has 0 unspecified atom stereocenters. The molecular weight excluding hydrogens is 248 g/mol. The van der Waals surface area contributed by atoms with Crippen molar-refractivity contribution in [2.45, 2.75) is 25.4 Å². The van der Waals surface area contributed by atoms with Gasteiger partial charge in [-0.1, -0.05) is 0 Å². The average molecular weight is 260 g/mol. The second-order valence-corrected chi connectivity index (χ2v) is 6.07. The van der Waals surface area contributed by atoms with E-state index in [1.807, 2.05) is 0 Å². The average Bonchev–Trinajstić information content (AvgIpc) is 2.70. The van der Waals surface area contributed by atoms with Gasteiger partial charge in [-0.15, -0.1) is 23.5 Å². The van der Waals surface area contributed by atoms with Gasteiger partial charge in [-0.3, -0.25) is 4.79 Å². The summed E-state index contributed by atoms with van der Waals surface area (Å²) in [5.41, 5.74) is 0. The van der Waals surface area contributed by atoms with Gasteiger partial charge in [0.2, 0.25) is 0 Å². The van der Waals surface area contributed by atoms with Gasteiger partial charge in [-0.25, -0.2) is 0 Å². The first-order chi connectivity index (χ1) is 7.75. The Bertz CT molecular complexity index is 355. The molecule has 0 radical (unpaired) electrons. The minimum Gasteiger partial charge on any atom is -0.454 e. The molecule has 1 saturated heterocycles. The first-order valence-electron chi connectivity index (χ1n) is 5.19. The van der Waals surface area contributed by atoms with Gasteiger partial charge in [0.25, 0.3) is 0 Å². The summed E-state index contributed by atoms with van der Waals surface area (Å²) >= 11 is 3.52. The minimum absolute atomic E-state index is 0.126. The summed E-state index contributed by atoms with van der Waals surface area (Å²) in [7, 11) is 0. The van der Waals surface area contributed by atoms with Gasteiger partial charge in [0.1, 0.15) is 6.10 Å². The topological polar surface area (TPSA) is 44.8 Å². The summed E-state index contributed by atoms with van der Waals surface area (Å²) in [5.74, 6) is 1.85. The number of hydrogen-bond donors (Lipinski definition) is 0. The molecule has 6 heteroatoms. The van der Waals surface area contributed by atoms with Crippen molar-refractivity contribution in [3.8, 4) is 0 Å². The zero-order valence-corrected chi connectivity index (χ0v) is 10.4. The number of carbonyl (C=O) groups is 1. The van der Waals surface area contributed by atoms with Crippen LogP contribution in [0.15, 0.2) is 9.81 Å². The molecule has 0 saturated carbocycles. The van der Waals surface area contributed by atoms with Gasteiger partial charge < -0.3 is 14.2 Å². The van der Waals surface area contributed by atoms with Crippen LogP contribution in [0.3, 0.4) is 0 Å². The third-order valence-electron chi connectivity index (χ3n) is 2.65. The highest BCUT2D eigenvalue weighted by atomic mass is 32.2. The van der Waals surface area contributed by atoms with Crippen molar-refractivity contribution in [3.63, 3.8) is 0 Å². The molecule has 0 amide bonds. The Labute approximate surface area is 102 Å². The van der Waals surface area contributed by atoms with E-state index in [9.17, 15) is 4.79 Å². The maximum atomic E-state index is 11.1. The fourth-order valence-electron chi connectivity index (χ4n) is 2.04. The van der Waals surface area contributed by atoms with Gasteiger partial charge >= 0.3 is 5.97 Å². The Balaban J connectivity index is 1.92. The second kappa shape index (κ2) is 4.25. The van der Waals surface area contributed by atoms with Crippen LogP contribution in [0.5, 0.6) is 0 Å². The van der Waals surface area contributed by atoms with Crippen LogP contribution in [0.1, 0.15) is 6.92 Å². The minimum atomic E-state index is -0.262. The van der Waals surface area contributed by atoms with Gasteiger partial charge in [0.15, 0.2) is 12.4 Å². The summed E-state index contributed by atoms with van der Waals surface area (Å²) in [6.45, 7) is 1.94. The van der Waals surface area contributed by atoms with Crippen molar-refractivity contribution in [2.24, 2.45) is 0 Å². The van der Waals surface area contributed by atoms with Crippen LogP contribution in [-0.2, 0) is 19.0 Å². The molecule has 3 aliphatic heterocycles. The molecule has 88 valence electrons. The third-order valence-corrected chi connectivity index (χ3v) is 5.35. The molecule has 0 aromatic rings. The van der Waals surface area contributed by atoms with Crippen molar-refractivity contribution in [3.05, 3.63) is 9.81 Å². The molecule has 0 spiro atoms. The Hall–Kier alpha value is -0.170. The number of hydrogen-bond acceptors (Lipinski definition) is 6. The van der Waals surface area contributed by atoms with E-state index in [2.05, 4.69) is 0 Å². The molecule has 0 N–H and O–H groups in total. The molecule has 0 aromatic carbocycles. The number of fused-ring (bicyclic) bond motifs is 3. The Morgan fingerprint density at radius 3 is 2.88 bits per heavy atom.